The maximum absolute atomic E-state index is 13.4. The number of hydrogen-bond acceptors (Lipinski definition) is 8. The molecule has 4 aliphatic rings. The van der Waals surface area contributed by atoms with Crippen molar-refractivity contribution < 1.29 is 23.8 Å². The summed E-state index contributed by atoms with van der Waals surface area (Å²) < 4.78 is 18.6. The highest BCUT2D eigenvalue weighted by atomic mass is 35.5. The van der Waals surface area contributed by atoms with E-state index in [1.165, 1.54) is 11.8 Å². The van der Waals surface area contributed by atoms with E-state index >= 15 is 0 Å². The molecule has 1 aromatic heterocycles. The second-order valence-corrected chi connectivity index (χ2v) is 16.0. The Hall–Kier alpha value is -2.89. The van der Waals surface area contributed by atoms with Crippen molar-refractivity contribution in [1.29, 1.82) is 0 Å². The van der Waals surface area contributed by atoms with Crippen LogP contribution in [-0.2, 0) is 11.3 Å². The minimum Gasteiger partial charge on any atom is -0.448 e. The number of halogens is 1. The number of carbonyl (C=O) groups is 2. The molecule has 1 aromatic carbocycles. The van der Waals surface area contributed by atoms with Crippen LogP contribution in [0.3, 0.4) is 0 Å². The molecule has 2 aromatic rings. The Balaban J connectivity index is 1.05. The van der Waals surface area contributed by atoms with Crippen LogP contribution < -0.4 is 20.3 Å². The highest BCUT2D eigenvalue weighted by Crippen LogP contribution is 2.52. The van der Waals surface area contributed by atoms with Crippen molar-refractivity contribution >= 4 is 35.4 Å². The molecule has 2 amide bonds. The van der Waals surface area contributed by atoms with Crippen molar-refractivity contribution in [3.05, 3.63) is 49.9 Å². The van der Waals surface area contributed by atoms with Gasteiger partial charge in [0.1, 0.15) is 5.60 Å². The molecule has 4 heterocycles. The van der Waals surface area contributed by atoms with Crippen LogP contribution in [0, 0.1) is 31.6 Å². The number of nitrogens with zero attached hydrogens (tertiary/aromatic N) is 2. The number of fused-ring (bicyclic) bond motifs is 2. The van der Waals surface area contributed by atoms with Gasteiger partial charge in [-0.25, -0.2) is 4.79 Å². The molecular formula is C35H47ClN4O6S. The fourth-order valence-electron chi connectivity index (χ4n) is 7.82. The largest absolute Gasteiger partial charge is 0.448 e. The van der Waals surface area contributed by atoms with Crippen molar-refractivity contribution in [2.75, 3.05) is 32.4 Å². The molecule has 3 fully saturated rings. The van der Waals surface area contributed by atoms with Crippen LogP contribution in [0.1, 0.15) is 80.6 Å². The first-order valence-corrected chi connectivity index (χ1v) is 18.2. The zero-order valence-corrected chi connectivity index (χ0v) is 30.0. The number of pyridine rings is 1. The number of aromatic nitrogens is 1. The summed E-state index contributed by atoms with van der Waals surface area (Å²) >= 11 is 8.17. The summed E-state index contributed by atoms with van der Waals surface area (Å²) in [6, 6.07) is 4.04. The van der Waals surface area contributed by atoms with Crippen molar-refractivity contribution in [1.82, 2.24) is 20.1 Å². The zero-order valence-electron chi connectivity index (χ0n) is 28.5. The molecule has 2 saturated heterocycles. The highest BCUT2D eigenvalue weighted by molar-refractivity contribution is 7.98. The normalized spacial score (nSPS) is 27.2. The van der Waals surface area contributed by atoms with Crippen LogP contribution in [0.2, 0.25) is 5.02 Å². The maximum atomic E-state index is 13.4. The van der Waals surface area contributed by atoms with E-state index in [1.54, 1.807) is 6.07 Å². The predicted octanol–water partition coefficient (Wildman–Crippen LogP) is 6.14. The lowest BCUT2D eigenvalue weighted by Gasteiger charge is -2.40. The van der Waals surface area contributed by atoms with E-state index in [0.29, 0.717) is 51.1 Å². The average molecular weight is 687 g/mol. The van der Waals surface area contributed by atoms with Crippen molar-refractivity contribution in [3.63, 3.8) is 0 Å². The molecule has 0 radical (unpaired) electrons. The van der Waals surface area contributed by atoms with Gasteiger partial charge in [-0.15, -0.1) is 11.8 Å². The van der Waals surface area contributed by atoms with E-state index in [1.807, 2.05) is 58.8 Å². The predicted molar refractivity (Wildman–Crippen MR) is 183 cm³/mol. The van der Waals surface area contributed by atoms with E-state index in [2.05, 4.69) is 15.2 Å². The Morgan fingerprint density at radius 2 is 1.70 bits per heavy atom. The summed E-state index contributed by atoms with van der Waals surface area (Å²) in [7, 11) is 0. The number of nitrogens with one attached hydrogen (secondary N) is 2. The Labute approximate surface area is 286 Å². The monoisotopic (exact) mass is 686 g/mol. The number of benzene rings is 1. The third-order valence-corrected chi connectivity index (χ3v) is 11.4. The Bertz CT molecular complexity index is 1600. The number of carbonyl (C=O) groups excluding carboxylic acids is 2. The summed E-state index contributed by atoms with van der Waals surface area (Å²) in [4.78, 5) is 46.7. The van der Waals surface area contributed by atoms with Gasteiger partial charge in [0.2, 0.25) is 0 Å². The average Bonchev–Trinajstić information content (AvgIpc) is 3.70. The maximum Gasteiger partial charge on any atom is 0.410 e. The van der Waals surface area contributed by atoms with Crippen LogP contribution >= 0.6 is 23.4 Å². The summed E-state index contributed by atoms with van der Waals surface area (Å²) in [6.45, 7) is 15.1. The number of aryl methyl sites for hydroxylation is 1. The molecule has 3 unspecified atom stereocenters. The summed E-state index contributed by atoms with van der Waals surface area (Å²) in [6.07, 6.45) is 5.72. The second-order valence-electron chi connectivity index (χ2n) is 14.8. The van der Waals surface area contributed by atoms with Crippen LogP contribution in [0.15, 0.2) is 21.8 Å². The van der Waals surface area contributed by atoms with Gasteiger partial charge >= 0.3 is 6.09 Å². The quantitative estimate of drug-likeness (QED) is 0.349. The molecule has 3 atom stereocenters. The number of thioether (sulfide) groups is 1. The van der Waals surface area contributed by atoms with Crippen molar-refractivity contribution in [2.24, 2.45) is 17.8 Å². The fourth-order valence-corrected chi connectivity index (χ4v) is 8.76. The van der Waals surface area contributed by atoms with E-state index in [4.69, 9.17) is 25.8 Å². The van der Waals surface area contributed by atoms with Crippen LogP contribution in [0.25, 0.3) is 0 Å². The van der Waals surface area contributed by atoms with Gasteiger partial charge in [-0.2, -0.15) is 0 Å². The number of likely N-dealkylation sites (tertiary alicyclic amines) is 2. The first-order valence-electron chi connectivity index (χ1n) is 16.6. The van der Waals surface area contributed by atoms with Gasteiger partial charge in [0.05, 0.1) is 5.02 Å². The van der Waals surface area contributed by atoms with Crippen LogP contribution in [0.4, 0.5) is 4.79 Å². The highest BCUT2D eigenvalue weighted by Gasteiger charge is 2.49. The fraction of sp³-hybridized carbons (Fsp3) is 0.629. The molecule has 256 valence electrons. The molecule has 0 bridgehead atoms. The summed E-state index contributed by atoms with van der Waals surface area (Å²) in [5.74, 6) is 0.933. The summed E-state index contributed by atoms with van der Waals surface area (Å²) in [5.41, 5.74) is 1.65. The third-order valence-electron chi connectivity index (χ3n) is 10.3. The van der Waals surface area contributed by atoms with Gasteiger partial charge in [0.25, 0.3) is 17.3 Å². The SMILES string of the molecule is CSc1cc(C)[nH]c(=O)c1CNC(=O)c1cc(Cl)c2c(c1C)OC(C)(C1CCC(N3CC4CN(C(=O)OC(C)(C)C)CC4C3)CC1)O2. The van der Waals surface area contributed by atoms with Gasteiger partial charge in [-0.05, 0) is 90.5 Å². The Morgan fingerprint density at radius 1 is 1.06 bits per heavy atom. The Morgan fingerprint density at radius 3 is 2.32 bits per heavy atom. The number of aromatic amines is 1. The first kappa shape index (κ1) is 34.0. The van der Waals surface area contributed by atoms with E-state index in [0.717, 1.165) is 62.5 Å². The minimum atomic E-state index is -0.880. The van der Waals surface area contributed by atoms with Crippen molar-refractivity contribution in [3.8, 4) is 11.5 Å². The van der Waals surface area contributed by atoms with E-state index in [-0.39, 0.29) is 30.0 Å². The molecule has 0 spiro atoms. The smallest absolute Gasteiger partial charge is 0.410 e. The second kappa shape index (κ2) is 12.9. The number of hydrogen-bond donors (Lipinski definition) is 2. The molecule has 1 saturated carbocycles. The van der Waals surface area contributed by atoms with Gasteiger partial charge in [-0.1, -0.05) is 11.6 Å². The van der Waals surface area contributed by atoms with E-state index in [9.17, 15) is 14.4 Å². The summed E-state index contributed by atoms with van der Waals surface area (Å²) in [5, 5.41) is 3.23. The van der Waals surface area contributed by atoms with Crippen molar-refractivity contribution in [2.45, 2.75) is 96.1 Å². The van der Waals surface area contributed by atoms with Gasteiger partial charge in [0.15, 0.2) is 11.5 Å². The lowest BCUT2D eigenvalue weighted by molar-refractivity contribution is -0.124. The van der Waals surface area contributed by atoms with Gasteiger partial charge in [-0.3, -0.25) is 14.5 Å². The molecule has 1 aliphatic carbocycles. The topological polar surface area (TPSA) is 113 Å². The number of ether oxygens (including phenoxy) is 3. The molecule has 6 rings (SSSR count). The molecule has 12 heteroatoms. The number of amides is 2. The number of rotatable bonds is 6. The molecule has 47 heavy (non-hydrogen) atoms. The minimum absolute atomic E-state index is 0.0948. The lowest BCUT2D eigenvalue weighted by atomic mass is 9.80. The standard InChI is InChI=1S/C35H47ClN4O6S/c1-19-12-28(47-7)26(32(42)38-19)14-37-31(41)25-13-27(36)30-29(20(25)2)44-35(6,45-30)23-8-10-24(11-9-23)39-15-21-17-40(18-22(21)16-39)33(43)46-34(3,4)5/h12-13,21-24H,8-11,14-18H2,1-7H3,(H,37,41)(H,38,42). The van der Waals surface area contributed by atoms with Gasteiger partial charge < -0.3 is 29.4 Å². The van der Waals surface area contributed by atoms with Gasteiger partial charge in [0, 0.05) is 78.9 Å². The Kier molecular flexibility index (Phi) is 9.30. The molecule has 3 aliphatic heterocycles. The lowest BCUT2D eigenvalue weighted by Crippen LogP contribution is -2.47. The van der Waals surface area contributed by atoms with E-state index < -0.39 is 11.4 Å². The van der Waals surface area contributed by atoms with Crippen LogP contribution in [0.5, 0.6) is 11.5 Å². The molecule has 2 N–H and O–H groups in total. The zero-order chi connectivity index (χ0) is 33.8. The first-order chi connectivity index (χ1) is 22.2. The third kappa shape index (κ3) is 6.85. The van der Waals surface area contributed by atoms with Crippen LogP contribution in [-0.4, -0.2) is 76.6 Å². The molecule has 10 nitrogen and oxygen atoms in total. The molecular weight excluding hydrogens is 640 g/mol. The number of H-pyrrole nitrogens is 1.